The fourth-order valence-electron chi connectivity index (χ4n) is 5.53. The van der Waals surface area contributed by atoms with E-state index in [1.165, 1.54) is 25.7 Å². The lowest BCUT2D eigenvalue weighted by Gasteiger charge is -2.34. The first-order valence-electron chi connectivity index (χ1n) is 11.1. The molecule has 0 aromatic carbocycles. The molecule has 0 aromatic rings. The number of terminal acetylenes is 1. The number of carbonyl (C=O) groups excluding carboxylic acids is 2. The summed E-state index contributed by atoms with van der Waals surface area (Å²) in [4.78, 5) is 30.2. The predicted molar refractivity (Wildman–Crippen MR) is 106 cm³/mol. The molecule has 2 amide bonds. The molecule has 0 aromatic heterocycles. The van der Waals surface area contributed by atoms with E-state index in [0.29, 0.717) is 37.8 Å². The lowest BCUT2D eigenvalue weighted by molar-refractivity contribution is -0.145. The van der Waals surface area contributed by atoms with Crippen molar-refractivity contribution in [3.63, 3.8) is 0 Å². The molecule has 4 rings (SSSR count). The first kappa shape index (κ1) is 19.4. The molecule has 0 radical (unpaired) electrons. The fourth-order valence-corrected chi connectivity index (χ4v) is 5.53. The minimum Gasteiger partial charge on any atom is -0.338 e. The Kier molecular flexibility index (Phi) is 5.70. The standard InChI is InChI=1S/C22H32N4O2/c1-2-3-13-22(23-24-22)14-12-20(27)25-15-7-11-19(25)21(28)26-16-6-10-18(26)17-8-4-5-9-17/h1,17-19H,3-16H2/t18?,19-/m0/s1. The quantitative estimate of drug-likeness (QED) is 0.631. The van der Waals surface area contributed by atoms with Crippen molar-refractivity contribution in [3.8, 4) is 12.3 Å². The van der Waals surface area contributed by atoms with Gasteiger partial charge in [0, 0.05) is 44.8 Å². The molecular weight excluding hydrogens is 352 g/mol. The normalized spacial score (nSPS) is 28.7. The predicted octanol–water partition coefficient (Wildman–Crippen LogP) is 3.51. The molecule has 6 nitrogen and oxygen atoms in total. The lowest BCUT2D eigenvalue weighted by atomic mass is 9.95. The van der Waals surface area contributed by atoms with E-state index in [9.17, 15) is 9.59 Å². The van der Waals surface area contributed by atoms with Crippen LogP contribution in [-0.4, -0.2) is 52.5 Å². The second kappa shape index (κ2) is 8.23. The van der Waals surface area contributed by atoms with Gasteiger partial charge in [0.25, 0.3) is 0 Å². The van der Waals surface area contributed by atoms with E-state index in [1.807, 2.05) is 4.90 Å². The maximum Gasteiger partial charge on any atom is 0.245 e. The molecule has 0 N–H and O–H groups in total. The van der Waals surface area contributed by atoms with Gasteiger partial charge in [0.2, 0.25) is 11.8 Å². The summed E-state index contributed by atoms with van der Waals surface area (Å²) in [7, 11) is 0. The van der Waals surface area contributed by atoms with Crippen LogP contribution in [0.1, 0.15) is 77.0 Å². The second-order valence-electron chi connectivity index (χ2n) is 8.92. The van der Waals surface area contributed by atoms with Gasteiger partial charge in [-0.2, -0.15) is 10.2 Å². The number of carbonyl (C=O) groups is 2. The third-order valence-corrected chi connectivity index (χ3v) is 7.18. The highest BCUT2D eigenvalue weighted by molar-refractivity contribution is 5.88. The molecule has 3 aliphatic heterocycles. The summed E-state index contributed by atoms with van der Waals surface area (Å²) in [5.41, 5.74) is -0.427. The van der Waals surface area contributed by atoms with Gasteiger partial charge in [-0.05, 0) is 44.4 Å². The summed E-state index contributed by atoms with van der Waals surface area (Å²) >= 11 is 0. The molecule has 3 heterocycles. The summed E-state index contributed by atoms with van der Waals surface area (Å²) in [5, 5.41) is 8.25. The Morgan fingerprint density at radius 1 is 0.964 bits per heavy atom. The minimum absolute atomic E-state index is 0.0739. The van der Waals surface area contributed by atoms with Crippen LogP contribution in [0, 0.1) is 18.3 Å². The Morgan fingerprint density at radius 2 is 1.68 bits per heavy atom. The smallest absolute Gasteiger partial charge is 0.245 e. The van der Waals surface area contributed by atoms with Crippen molar-refractivity contribution in [1.29, 1.82) is 0 Å². The highest BCUT2D eigenvalue weighted by Crippen LogP contribution is 2.39. The maximum atomic E-state index is 13.4. The molecule has 1 saturated carbocycles. The van der Waals surface area contributed by atoms with E-state index in [-0.39, 0.29) is 17.9 Å². The van der Waals surface area contributed by atoms with E-state index in [1.54, 1.807) is 0 Å². The van der Waals surface area contributed by atoms with Crippen molar-refractivity contribution >= 4 is 11.8 Å². The Hall–Kier alpha value is -1.90. The van der Waals surface area contributed by atoms with Crippen LogP contribution in [-0.2, 0) is 9.59 Å². The number of rotatable bonds is 7. The molecule has 4 aliphatic rings. The van der Waals surface area contributed by atoms with E-state index < -0.39 is 5.66 Å². The van der Waals surface area contributed by atoms with E-state index in [2.05, 4.69) is 21.0 Å². The highest BCUT2D eigenvalue weighted by Gasteiger charge is 2.44. The Bertz CT molecular complexity index is 671. The monoisotopic (exact) mass is 384 g/mol. The fraction of sp³-hybridized carbons (Fsp3) is 0.818. The first-order chi connectivity index (χ1) is 13.6. The number of likely N-dealkylation sites (tertiary alicyclic amines) is 2. The number of nitrogens with zero attached hydrogens (tertiary/aromatic N) is 4. The third kappa shape index (κ3) is 3.94. The molecule has 3 fully saturated rings. The zero-order valence-corrected chi connectivity index (χ0v) is 16.8. The molecule has 1 unspecified atom stereocenters. The van der Waals surface area contributed by atoms with Gasteiger partial charge in [-0.15, -0.1) is 12.3 Å². The largest absolute Gasteiger partial charge is 0.338 e. The number of hydrogen-bond donors (Lipinski definition) is 0. The Morgan fingerprint density at radius 3 is 2.39 bits per heavy atom. The average Bonchev–Trinajstić information content (AvgIpc) is 3.19. The van der Waals surface area contributed by atoms with Crippen LogP contribution in [0.4, 0.5) is 0 Å². The number of hydrogen-bond acceptors (Lipinski definition) is 4. The van der Waals surface area contributed by atoms with Gasteiger partial charge in [0.15, 0.2) is 5.66 Å². The first-order valence-corrected chi connectivity index (χ1v) is 11.1. The van der Waals surface area contributed by atoms with Gasteiger partial charge in [-0.3, -0.25) is 9.59 Å². The van der Waals surface area contributed by atoms with Crippen molar-refractivity contribution in [2.24, 2.45) is 16.1 Å². The summed E-state index contributed by atoms with van der Waals surface area (Å²) in [6.45, 7) is 1.56. The van der Waals surface area contributed by atoms with Crippen molar-refractivity contribution in [1.82, 2.24) is 9.80 Å². The van der Waals surface area contributed by atoms with Crippen LogP contribution >= 0.6 is 0 Å². The van der Waals surface area contributed by atoms with E-state index in [0.717, 1.165) is 38.6 Å². The van der Waals surface area contributed by atoms with Gasteiger partial charge in [0.1, 0.15) is 6.04 Å². The van der Waals surface area contributed by atoms with E-state index in [4.69, 9.17) is 6.42 Å². The van der Waals surface area contributed by atoms with Crippen LogP contribution in [0.3, 0.4) is 0 Å². The summed E-state index contributed by atoms with van der Waals surface area (Å²) < 4.78 is 0. The maximum absolute atomic E-state index is 13.4. The van der Waals surface area contributed by atoms with Crippen LogP contribution in [0.15, 0.2) is 10.2 Å². The highest BCUT2D eigenvalue weighted by atomic mass is 16.2. The molecule has 28 heavy (non-hydrogen) atoms. The zero-order chi connectivity index (χ0) is 19.6. The Labute approximate surface area is 168 Å². The number of amides is 2. The van der Waals surface area contributed by atoms with Crippen LogP contribution < -0.4 is 0 Å². The van der Waals surface area contributed by atoms with Crippen LogP contribution in [0.2, 0.25) is 0 Å². The van der Waals surface area contributed by atoms with Gasteiger partial charge in [-0.25, -0.2) is 0 Å². The van der Waals surface area contributed by atoms with Crippen molar-refractivity contribution in [2.45, 2.75) is 94.8 Å². The third-order valence-electron chi connectivity index (χ3n) is 7.18. The average molecular weight is 385 g/mol. The molecule has 6 heteroatoms. The molecule has 2 saturated heterocycles. The lowest BCUT2D eigenvalue weighted by Crippen LogP contribution is -2.50. The topological polar surface area (TPSA) is 65.3 Å². The van der Waals surface area contributed by atoms with E-state index >= 15 is 0 Å². The molecule has 2 atom stereocenters. The zero-order valence-electron chi connectivity index (χ0n) is 16.8. The second-order valence-corrected chi connectivity index (χ2v) is 8.92. The van der Waals surface area contributed by atoms with Gasteiger partial charge < -0.3 is 9.80 Å². The van der Waals surface area contributed by atoms with Gasteiger partial charge >= 0.3 is 0 Å². The SMILES string of the molecule is C#CCCC1(CCC(=O)N2CCC[C@H]2C(=O)N2CCCC2C2CCCC2)N=N1. The molecular formula is C22H32N4O2. The van der Waals surface area contributed by atoms with Gasteiger partial charge in [0.05, 0.1) is 0 Å². The van der Waals surface area contributed by atoms with Crippen LogP contribution in [0.25, 0.3) is 0 Å². The Balaban J connectivity index is 1.34. The van der Waals surface area contributed by atoms with Crippen molar-refractivity contribution in [2.75, 3.05) is 13.1 Å². The molecule has 0 spiro atoms. The van der Waals surface area contributed by atoms with Crippen LogP contribution in [0.5, 0.6) is 0 Å². The molecule has 1 aliphatic carbocycles. The summed E-state index contributed by atoms with van der Waals surface area (Å²) in [6, 6.07) is 0.146. The molecule has 152 valence electrons. The minimum atomic E-state index is -0.427. The molecule has 0 bridgehead atoms. The van der Waals surface area contributed by atoms with Crippen molar-refractivity contribution < 1.29 is 9.59 Å². The van der Waals surface area contributed by atoms with Gasteiger partial charge in [-0.1, -0.05) is 12.8 Å². The van der Waals surface area contributed by atoms with Crippen molar-refractivity contribution in [3.05, 3.63) is 0 Å². The summed E-state index contributed by atoms with van der Waals surface area (Å²) in [5.74, 6) is 3.56. The summed E-state index contributed by atoms with van der Waals surface area (Å²) in [6.07, 6.45) is 16.8.